The Morgan fingerprint density at radius 1 is 1.16 bits per heavy atom. The van der Waals surface area contributed by atoms with Crippen molar-refractivity contribution in [3.8, 4) is 5.75 Å². The Morgan fingerprint density at radius 3 is 2.84 bits per heavy atom. The lowest BCUT2D eigenvalue weighted by molar-refractivity contribution is -0.117. The molecule has 3 nitrogen and oxygen atoms in total. The highest BCUT2D eigenvalue weighted by molar-refractivity contribution is 6.03. The van der Waals surface area contributed by atoms with Gasteiger partial charge in [-0.05, 0) is 35.7 Å². The van der Waals surface area contributed by atoms with Gasteiger partial charge in [0, 0.05) is 5.69 Å². The summed E-state index contributed by atoms with van der Waals surface area (Å²) in [6.45, 7) is 0. The van der Waals surface area contributed by atoms with Crippen molar-refractivity contribution in [2.45, 2.75) is 12.3 Å². The molecule has 3 rings (SSSR count). The Hall–Kier alpha value is -2.29. The Labute approximate surface area is 112 Å². The molecular weight excluding hydrogens is 238 g/mol. The zero-order chi connectivity index (χ0) is 13.2. The van der Waals surface area contributed by atoms with Crippen LogP contribution in [0, 0.1) is 0 Å². The second kappa shape index (κ2) is 4.76. The summed E-state index contributed by atoms with van der Waals surface area (Å²) in [6.07, 6.45) is 0.694. The van der Waals surface area contributed by atoms with Crippen molar-refractivity contribution in [3.05, 3.63) is 59.7 Å². The van der Waals surface area contributed by atoms with E-state index in [9.17, 15) is 4.79 Å². The van der Waals surface area contributed by atoms with Crippen molar-refractivity contribution in [2.24, 2.45) is 0 Å². The third-order valence-corrected chi connectivity index (χ3v) is 3.48. The maximum absolute atomic E-state index is 12.0. The average molecular weight is 253 g/mol. The number of methoxy groups -OCH3 is 1. The number of anilines is 1. The molecule has 96 valence electrons. The van der Waals surface area contributed by atoms with Gasteiger partial charge < -0.3 is 10.1 Å². The number of rotatable bonds is 3. The van der Waals surface area contributed by atoms with Crippen molar-refractivity contribution < 1.29 is 9.53 Å². The molecule has 1 N–H and O–H groups in total. The number of nitrogens with one attached hydrogen (secondary N) is 1. The largest absolute Gasteiger partial charge is 0.497 e. The van der Waals surface area contributed by atoms with E-state index in [1.54, 1.807) is 7.11 Å². The number of hydrogen-bond acceptors (Lipinski definition) is 2. The SMILES string of the molecule is COc1cccc(C[C@H]2C(=O)Nc3ccccc32)c1. The molecular formula is C16H15NO2. The number of amides is 1. The average Bonchev–Trinajstić information content (AvgIpc) is 2.76. The number of fused-ring (bicyclic) bond motifs is 1. The van der Waals surface area contributed by atoms with Gasteiger partial charge in [0.05, 0.1) is 13.0 Å². The summed E-state index contributed by atoms with van der Waals surface area (Å²) in [5, 5.41) is 2.93. The molecule has 0 radical (unpaired) electrons. The smallest absolute Gasteiger partial charge is 0.232 e. The van der Waals surface area contributed by atoms with Crippen molar-refractivity contribution in [1.29, 1.82) is 0 Å². The van der Waals surface area contributed by atoms with Gasteiger partial charge in [0.25, 0.3) is 0 Å². The summed E-state index contributed by atoms with van der Waals surface area (Å²) in [5.41, 5.74) is 3.12. The Bertz CT molecular complexity index is 622. The monoisotopic (exact) mass is 253 g/mol. The van der Waals surface area contributed by atoms with E-state index in [1.807, 2.05) is 48.5 Å². The van der Waals surface area contributed by atoms with Crippen LogP contribution in [0.25, 0.3) is 0 Å². The third kappa shape index (κ3) is 2.19. The molecule has 2 aromatic carbocycles. The van der Waals surface area contributed by atoms with Crippen LogP contribution in [0.1, 0.15) is 17.0 Å². The van der Waals surface area contributed by atoms with Crippen LogP contribution in [0.4, 0.5) is 5.69 Å². The summed E-state index contributed by atoms with van der Waals surface area (Å²) in [6, 6.07) is 15.7. The number of carbonyl (C=O) groups excluding carboxylic acids is 1. The summed E-state index contributed by atoms with van der Waals surface area (Å²) >= 11 is 0. The summed E-state index contributed by atoms with van der Waals surface area (Å²) < 4.78 is 5.22. The molecule has 1 heterocycles. The van der Waals surface area contributed by atoms with Crippen LogP contribution in [0.15, 0.2) is 48.5 Å². The predicted octanol–water partition coefficient (Wildman–Crippen LogP) is 2.97. The van der Waals surface area contributed by atoms with E-state index in [0.29, 0.717) is 6.42 Å². The molecule has 0 saturated carbocycles. The minimum atomic E-state index is -0.108. The molecule has 3 heteroatoms. The lowest BCUT2D eigenvalue weighted by Gasteiger charge is -2.10. The number of para-hydroxylation sites is 1. The highest BCUT2D eigenvalue weighted by Gasteiger charge is 2.29. The van der Waals surface area contributed by atoms with Crippen molar-refractivity contribution >= 4 is 11.6 Å². The second-order valence-electron chi connectivity index (χ2n) is 4.68. The fraction of sp³-hybridized carbons (Fsp3) is 0.188. The molecule has 0 fully saturated rings. The molecule has 0 aromatic heterocycles. The summed E-state index contributed by atoms with van der Waals surface area (Å²) in [7, 11) is 1.65. The first-order valence-electron chi connectivity index (χ1n) is 6.30. The Kier molecular flexibility index (Phi) is 2.95. The molecule has 1 aliphatic rings. The minimum absolute atomic E-state index is 0.0732. The fourth-order valence-electron chi connectivity index (χ4n) is 2.51. The minimum Gasteiger partial charge on any atom is -0.497 e. The van der Waals surface area contributed by atoms with Crippen LogP contribution >= 0.6 is 0 Å². The standard InChI is InChI=1S/C16H15NO2/c1-19-12-6-4-5-11(9-12)10-14-13-7-2-3-8-15(13)17-16(14)18/h2-9,14H,10H2,1H3,(H,17,18)/t14-/m1/s1. The van der Waals surface area contributed by atoms with Gasteiger partial charge in [-0.1, -0.05) is 30.3 Å². The van der Waals surface area contributed by atoms with Gasteiger partial charge in [-0.2, -0.15) is 0 Å². The van der Waals surface area contributed by atoms with Gasteiger partial charge in [-0.3, -0.25) is 4.79 Å². The normalized spacial score (nSPS) is 16.9. The summed E-state index contributed by atoms with van der Waals surface area (Å²) in [4.78, 5) is 12.0. The Morgan fingerprint density at radius 2 is 2.00 bits per heavy atom. The molecule has 19 heavy (non-hydrogen) atoms. The molecule has 0 aliphatic carbocycles. The van der Waals surface area contributed by atoms with Gasteiger partial charge in [0.2, 0.25) is 5.91 Å². The highest BCUT2D eigenvalue weighted by Crippen LogP contribution is 2.34. The molecule has 0 bridgehead atoms. The third-order valence-electron chi connectivity index (χ3n) is 3.48. The molecule has 1 atom stereocenters. The first-order chi connectivity index (χ1) is 9.28. The van der Waals surface area contributed by atoms with Gasteiger partial charge >= 0.3 is 0 Å². The number of ether oxygens (including phenoxy) is 1. The first kappa shape index (κ1) is 11.8. The van der Waals surface area contributed by atoms with E-state index in [1.165, 1.54) is 0 Å². The molecule has 1 amide bonds. The van der Waals surface area contributed by atoms with Gasteiger partial charge in [-0.25, -0.2) is 0 Å². The molecule has 1 aliphatic heterocycles. The van der Waals surface area contributed by atoms with Gasteiger partial charge in [-0.15, -0.1) is 0 Å². The quantitative estimate of drug-likeness (QED) is 0.913. The van der Waals surface area contributed by atoms with Gasteiger partial charge in [0.1, 0.15) is 5.75 Å². The highest BCUT2D eigenvalue weighted by atomic mass is 16.5. The van der Waals surface area contributed by atoms with E-state index in [0.717, 1.165) is 22.6 Å². The Balaban J connectivity index is 1.89. The topological polar surface area (TPSA) is 38.3 Å². The first-order valence-corrected chi connectivity index (χ1v) is 6.30. The van der Waals surface area contributed by atoms with E-state index in [2.05, 4.69) is 5.32 Å². The lowest BCUT2D eigenvalue weighted by Crippen LogP contribution is -2.14. The maximum atomic E-state index is 12.0. The van der Waals surface area contributed by atoms with Crippen molar-refractivity contribution in [3.63, 3.8) is 0 Å². The predicted molar refractivity (Wildman–Crippen MR) is 74.5 cm³/mol. The molecule has 0 spiro atoms. The van der Waals surface area contributed by atoms with Crippen LogP contribution in [-0.4, -0.2) is 13.0 Å². The van der Waals surface area contributed by atoms with E-state index in [4.69, 9.17) is 4.74 Å². The van der Waals surface area contributed by atoms with E-state index < -0.39 is 0 Å². The number of carbonyl (C=O) groups is 1. The maximum Gasteiger partial charge on any atom is 0.232 e. The molecule has 2 aromatic rings. The summed E-state index contributed by atoms with van der Waals surface area (Å²) in [5.74, 6) is 0.788. The van der Waals surface area contributed by atoms with Crippen molar-refractivity contribution in [2.75, 3.05) is 12.4 Å². The lowest BCUT2D eigenvalue weighted by atomic mass is 9.93. The second-order valence-corrected chi connectivity index (χ2v) is 4.68. The number of benzene rings is 2. The van der Waals surface area contributed by atoms with Crippen molar-refractivity contribution in [1.82, 2.24) is 0 Å². The molecule has 0 unspecified atom stereocenters. The van der Waals surface area contributed by atoms with Crippen LogP contribution in [0.2, 0.25) is 0 Å². The van der Waals surface area contributed by atoms with Crippen LogP contribution in [-0.2, 0) is 11.2 Å². The van der Waals surface area contributed by atoms with E-state index >= 15 is 0 Å². The van der Waals surface area contributed by atoms with E-state index in [-0.39, 0.29) is 11.8 Å². The zero-order valence-electron chi connectivity index (χ0n) is 10.7. The fourth-order valence-corrected chi connectivity index (χ4v) is 2.51. The van der Waals surface area contributed by atoms with Crippen LogP contribution in [0.3, 0.4) is 0 Å². The van der Waals surface area contributed by atoms with Crippen LogP contribution < -0.4 is 10.1 Å². The van der Waals surface area contributed by atoms with Crippen LogP contribution in [0.5, 0.6) is 5.75 Å². The molecule has 0 saturated heterocycles. The number of hydrogen-bond donors (Lipinski definition) is 1. The van der Waals surface area contributed by atoms with Gasteiger partial charge in [0.15, 0.2) is 0 Å². The zero-order valence-corrected chi connectivity index (χ0v) is 10.7.